The lowest BCUT2D eigenvalue weighted by Crippen LogP contribution is -2.48. The summed E-state index contributed by atoms with van der Waals surface area (Å²) in [7, 11) is 0. The molecule has 2 fully saturated rings. The topological polar surface area (TPSA) is 89.9 Å². The van der Waals surface area contributed by atoms with Crippen molar-refractivity contribution in [2.24, 2.45) is 5.41 Å². The molecule has 0 spiro atoms. The molecule has 2 rings (SSSR count). The first-order valence-corrected chi connectivity index (χ1v) is 6.98. The summed E-state index contributed by atoms with van der Waals surface area (Å²) in [5.41, 5.74) is -0.788. The number of carboxylic acids is 1. The van der Waals surface area contributed by atoms with Crippen LogP contribution in [0.4, 0.5) is 4.79 Å². The van der Waals surface area contributed by atoms with E-state index >= 15 is 0 Å². The van der Waals surface area contributed by atoms with Gasteiger partial charge in [-0.05, 0) is 25.7 Å². The normalized spacial score (nSPS) is 21.1. The molecular weight excluding hydrogens is 248 g/mol. The van der Waals surface area contributed by atoms with Crippen LogP contribution in [0.1, 0.15) is 38.5 Å². The zero-order valence-electron chi connectivity index (χ0n) is 11.1. The molecule has 0 heterocycles. The highest BCUT2D eigenvalue weighted by atomic mass is 16.4. The number of aliphatic carboxylic acids is 1. The van der Waals surface area contributed by atoms with Crippen LogP contribution in [-0.2, 0) is 4.79 Å². The number of carbonyl (C=O) groups excluding carboxylic acids is 1. The van der Waals surface area contributed by atoms with E-state index in [2.05, 4.69) is 5.32 Å². The van der Waals surface area contributed by atoms with Crippen LogP contribution >= 0.6 is 0 Å². The molecule has 0 bridgehead atoms. The van der Waals surface area contributed by atoms with Crippen molar-refractivity contribution in [3.8, 4) is 0 Å². The van der Waals surface area contributed by atoms with E-state index in [1.807, 2.05) is 0 Å². The van der Waals surface area contributed by atoms with Crippen LogP contribution in [0.25, 0.3) is 0 Å². The monoisotopic (exact) mass is 270 g/mol. The molecule has 6 heteroatoms. The van der Waals surface area contributed by atoms with Crippen molar-refractivity contribution in [3.05, 3.63) is 0 Å². The van der Waals surface area contributed by atoms with Gasteiger partial charge in [-0.25, -0.2) is 4.79 Å². The Bertz CT molecular complexity index is 349. The maximum atomic E-state index is 12.0. The van der Waals surface area contributed by atoms with Crippen LogP contribution in [0.3, 0.4) is 0 Å². The van der Waals surface area contributed by atoms with Crippen LogP contribution in [0.5, 0.6) is 0 Å². The Labute approximate surface area is 112 Å². The van der Waals surface area contributed by atoms with Gasteiger partial charge in [0.2, 0.25) is 0 Å². The number of nitrogens with one attached hydrogen (secondary N) is 1. The van der Waals surface area contributed by atoms with Gasteiger partial charge in [0.1, 0.15) is 0 Å². The lowest BCUT2D eigenvalue weighted by Gasteiger charge is -2.27. The second kappa shape index (κ2) is 5.77. The number of aliphatic hydroxyl groups is 1. The SMILES string of the molecule is O=C(NCC1(C(=O)O)CCCC1)N(CCO)C1CC1. The lowest BCUT2D eigenvalue weighted by molar-refractivity contribution is -0.148. The maximum absolute atomic E-state index is 12.0. The van der Waals surface area contributed by atoms with Crippen molar-refractivity contribution in [3.63, 3.8) is 0 Å². The zero-order chi connectivity index (χ0) is 13.9. The summed E-state index contributed by atoms with van der Waals surface area (Å²) in [5.74, 6) is -0.814. The van der Waals surface area contributed by atoms with Crippen LogP contribution in [-0.4, -0.2) is 52.9 Å². The Kier molecular flexibility index (Phi) is 4.29. The first-order chi connectivity index (χ1) is 9.09. The average Bonchev–Trinajstić information content (AvgIpc) is 3.10. The molecule has 0 aromatic heterocycles. The molecule has 0 aromatic carbocycles. The number of amides is 2. The van der Waals surface area contributed by atoms with E-state index in [1.54, 1.807) is 4.90 Å². The van der Waals surface area contributed by atoms with Gasteiger partial charge in [0.15, 0.2) is 0 Å². The van der Waals surface area contributed by atoms with E-state index in [-0.39, 0.29) is 25.2 Å². The summed E-state index contributed by atoms with van der Waals surface area (Å²) in [5, 5.41) is 21.0. The molecular formula is C13H22N2O4. The van der Waals surface area contributed by atoms with Crippen LogP contribution in [0.2, 0.25) is 0 Å². The fraction of sp³-hybridized carbons (Fsp3) is 0.846. The largest absolute Gasteiger partial charge is 0.481 e. The highest BCUT2D eigenvalue weighted by molar-refractivity contribution is 5.78. The van der Waals surface area contributed by atoms with Gasteiger partial charge in [0.25, 0.3) is 0 Å². The molecule has 0 saturated heterocycles. The smallest absolute Gasteiger partial charge is 0.317 e. The zero-order valence-corrected chi connectivity index (χ0v) is 11.1. The third kappa shape index (κ3) is 3.18. The summed E-state index contributed by atoms with van der Waals surface area (Å²) in [6.07, 6.45) is 5.02. The first kappa shape index (κ1) is 14.1. The molecule has 0 atom stereocenters. The third-order valence-electron chi connectivity index (χ3n) is 4.18. The fourth-order valence-electron chi connectivity index (χ4n) is 2.81. The van der Waals surface area contributed by atoms with Gasteiger partial charge in [-0.2, -0.15) is 0 Å². The fourth-order valence-corrected chi connectivity index (χ4v) is 2.81. The lowest BCUT2D eigenvalue weighted by atomic mass is 9.86. The molecule has 19 heavy (non-hydrogen) atoms. The predicted molar refractivity (Wildman–Crippen MR) is 68.7 cm³/mol. The Morgan fingerprint density at radius 3 is 2.37 bits per heavy atom. The Hall–Kier alpha value is -1.30. The second-order valence-corrected chi connectivity index (χ2v) is 5.60. The highest BCUT2D eigenvalue weighted by Crippen LogP contribution is 2.37. The number of carbonyl (C=O) groups is 2. The highest BCUT2D eigenvalue weighted by Gasteiger charge is 2.42. The minimum Gasteiger partial charge on any atom is -0.481 e. The summed E-state index contributed by atoms with van der Waals surface area (Å²) in [6, 6.07) is -0.0272. The summed E-state index contributed by atoms with van der Waals surface area (Å²) in [4.78, 5) is 25.0. The van der Waals surface area contributed by atoms with E-state index in [4.69, 9.17) is 5.11 Å². The predicted octanol–water partition coefficient (Wildman–Crippen LogP) is 0.798. The number of hydrogen-bond donors (Lipinski definition) is 3. The molecule has 0 aliphatic heterocycles. The van der Waals surface area contributed by atoms with Crippen molar-refractivity contribution in [2.75, 3.05) is 19.7 Å². The van der Waals surface area contributed by atoms with E-state index in [9.17, 15) is 14.7 Å². The molecule has 2 amide bonds. The summed E-state index contributed by atoms with van der Waals surface area (Å²) in [6.45, 7) is 0.445. The minimum absolute atomic E-state index is 0.0615. The van der Waals surface area contributed by atoms with E-state index in [0.717, 1.165) is 25.7 Å². The van der Waals surface area contributed by atoms with Gasteiger partial charge in [0, 0.05) is 19.1 Å². The minimum atomic E-state index is -0.814. The van der Waals surface area contributed by atoms with Gasteiger partial charge in [-0.3, -0.25) is 4.79 Å². The van der Waals surface area contributed by atoms with Crippen molar-refractivity contribution >= 4 is 12.0 Å². The number of nitrogens with zero attached hydrogens (tertiary/aromatic N) is 1. The molecule has 0 radical (unpaired) electrons. The van der Waals surface area contributed by atoms with Gasteiger partial charge in [-0.1, -0.05) is 12.8 Å². The number of carboxylic acid groups (broad SMARTS) is 1. The van der Waals surface area contributed by atoms with E-state index in [1.165, 1.54) is 0 Å². The van der Waals surface area contributed by atoms with Gasteiger partial charge in [-0.15, -0.1) is 0 Å². The molecule has 0 aromatic rings. The molecule has 3 N–H and O–H groups in total. The van der Waals surface area contributed by atoms with Gasteiger partial charge < -0.3 is 20.4 Å². The molecule has 2 saturated carbocycles. The number of urea groups is 1. The number of hydrogen-bond acceptors (Lipinski definition) is 3. The van der Waals surface area contributed by atoms with Crippen molar-refractivity contribution in [1.29, 1.82) is 0 Å². The quantitative estimate of drug-likeness (QED) is 0.666. The average molecular weight is 270 g/mol. The number of aliphatic hydroxyl groups excluding tert-OH is 1. The maximum Gasteiger partial charge on any atom is 0.317 e. The molecule has 6 nitrogen and oxygen atoms in total. The molecule has 2 aliphatic carbocycles. The first-order valence-electron chi connectivity index (χ1n) is 6.98. The van der Waals surface area contributed by atoms with Crippen molar-refractivity contribution in [1.82, 2.24) is 10.2 Å². The summed E-state index contributed by atoms with van der Waals surface area (Å²) >= 11 is 0. The Balaban J connectivity index is 1.89. The van der Waals surface area contributed by atoms with Crippen molar-refractivity contribution < 1.29 is 19.8 Å². The number of rotatable bonds is 6. The van der Waals surface area contributed by atoms with Crippen molar-refractivity contribution in [2.45, 2.75) is 44.6 Å². The Morgan fingerprint density at radius 2 is 1.89 bits per heavy atom. The third-order valence-corrected chi connectivity index (χ3v) is 4.18. The second-order valence-electron chi connectivity index (χ2n) is 5.60. The molecule has 108 valence electrons. The van der Waals surface area contributed by atoms with E-state index < -0.39 is 11.4 Å². The van der Waals surface area contributed by atoms with Gasteiger partial charge >= 0.3 is 12.0 Å². The van der Waals surface area contributed by atoms with Crippen LogP contribution < -0.4 is 5.32 Å². The molecule has 0 unspecified atom stereocenters. The standard InChI is InChI=1S/C13H22N2O4/c16-8-7-15(10-3-4-10)12(19)14-9-13(11(17)18)5-1-2-6-13/h10,16H,1-9H2,(H,14,19)(H,17,18). The Morgan fingerprint density at radius 1 is 1.26 bits per heavy atom. The van der Waals surface area contributed by atoms with E-state index in [0.29, 0.717) is 19.4 Å². The van der Waals surface area contributed by atoms with Crippen LogP contribution in [0, 0.1) is 5.41 Å². The van der Waals surface area contributed by atoms with Crippen LogP contribution in [0.15, 0.2) is 0 Å². The van der Waals surface area contributed by atoms with Gasteiger partial charge in [0.05, 0.1) is 12.0 Å². The summed E-state index contributed by atoms with van der Waals surface area (Å²) < 4.78 is 0. The molecule has 2 aliphatic rings.